The number of hydrogen-bond acceptors (Lipinski definition) is 4. The van der Waals surface area contributed by atoms with Gasteiger partial charge in [0.25, 0.3) is 5.91 Å². The molecule has 0 radical (unpaired) electrons. The van der Waals surface area contributed by atoms with Crippen molar-refractivity contribution >= 4 is 5.91 Å². The van der Waals surface area contributed by atoms with Crippen LogP contribution >= 0.6 is 0 Å². The lowest BCUT2D eigenvalue weighted by molar-refractivity contribution is -0.122. The van der Waals surface area contributed by atoms with Crippen molar-refractivity contribution in [2.45, 2.75) is 6.61 Å². The number of aromatic nitrogens is 1. The lowest BCUT2D eigenvalue weighted by atomic mass is 10.3. The number of aliphatic hydroxyl groups excluding tert-OH is 1. The molecule has 0 saturated carbocycles. The molecule has 0 atom stereocenters. The van der Waals surface area contributed by atoms with E-state index in [2.05, 4.69) is 16.9 Å². The molecule has 1 aromatic heterocycles. The van der Waals surface area contributed by atoms with Gasteiger partial charge in [-0.3, -0.25) is 9.78 Å². The van der Waals surface area contributed by atoms with Gasteiger partial charge in [0, 0.05) is 6.54 Å². The molecule has 0 aliphatic carbocycles. The van der Waals surface area contributed by atoms with Crippen LogP contribution in [0.25, 0.3) is 0 Å². The van der Waals surface area contributed by atoms with E-state index in [1.807, 2.05) is 0 Å². The second-order valence-electron chi connectivity index (χ2n) is 3.02. The van der Waals surface area contributed by atoms with Crippen molar-refractivity contribution < 1.29 is 14.6 Å². The third kappa shape index (κ3) is 4.10. The Kier molecular flexibility index (Phi) is 5.01. The zero-order valence-electron chi connectivity index (χ0n) is 8.85. The fraction of sp³-hybridized carbons (Fsp3) is 0.273. The highest BCUT2D eigenvalue weighted by Crippen LogP contribution is 2.08. The number of hydrogen-bond donors (Lipinski definition) is 2. The molecule has 0 bridgehead atoms. The quantitative estimate of drug-likeness (QED) is 0.677. The second-order valence-corrected chi connectivity index (χ2v) is 3.02. The van der Waals surface area contributed by atoms with Crippen molar-refractivity contribution in [3.05, 3.63) is 36.7 Å². The highest BCUT2D eigenvalue weighted by atomic mass is 16.5. The molecule has 5 heteroatoms. The Bertz CT molecular complexity index is 349. The SMILES string of the molecule is C=CCNC(=O)COc1ccc(CO)nc1. The van der Waals surface area contributed by atoms with E-state index in [0.717, 1.165) is 0 Å². The summed E-state index contributed by atoms with van der Waals surface area (Å²) in [6.07, 6.45) is 3.06. The van der Waals surface area contributed by atoms with E-state index < -0.39 is 0 Å². The van der Waals surface area contributed by atoms with Gasteiger partial charge in [0.15, 0.2) is 6.61 Å². The van der Waals surface area contributed by atoms with E-state index in [-0.39, 0.29) is 19.1 Å². The Morgan fingerprint density at radius 1 is 1.62 bits per heavy atom. The number of amides is 1. The first-order chi connectivity index (χ1) is 7.76. The number of ether oxygens (including phenoxy) is 1. The predicted octanol–water partition coefficient (Wildman–Crippen LogP) is 0.255. The van der Waals surface area contributed by atoms with Crippen LogP contribution in [0.4, 0.5) is 0 Å². The highest BCUT2D eigenvalue weighted by Gasteiger charge is 2.01. The van der Waals surface area contributed by atoms with E-state index in [4.69, 9.17) is 9.84 Å². The fourth-order valence-corrected chi connectivity index (χ4v) is 0.976. The van der Waals surface area contributed by atoms with Crippen LogP contribution in [0.1, 0.15) is 5.69 Å². The molecule has 2 N–H and O–H groups in total. The first-order valence-electron chi connectivity index (χ1n) is 4.82. The number of carbonyl (C=O) groups is 1. The second kappa shape index (κ2) is 6.58. The highest BCUT2D eigenvalue weighted by molar-refractivity contribution is 5.77. The summed E-state index contributed by atoms with van der Waals surface area (Å²) in [6.45, 7) is 3.73. The van der Waals surface area contributed by atoms with Crippen LogP contribution in [0.3, 0.4) is 0 Å². The Labute approximate surface area is 93.8 Å². The molecule has 1 aromatic rings. The Morgan fingerprint density at radius 2 is 2.44 bits per heavy atom. The molecule has 5 nitrogen and oxygen atoms in total. The predicted molar refractivity (Wildman–Crippen MR) is 58.9 cm³/mol. The van der Waals surface area contributed by atoms with Crippen LogP contribution < -0.4 is 10.1 Å². The molecule has 0 spiro atoms. The average Bonchev–Trinajstić information content (AvgIpc) is 2.34. The molecular weight excluding hydrogens is 208 g/mol. The maximum Gasteiger partial charge on any atom is 0.258 e. The Hall–Kier alpha value is -1.88. The number of aliphatic hydroxyl groups is 1. The summed E-state index contributed by atoms with van der Waals surface area (Å²) in [5, 5.41) is 11.3. The summed E-state index contributed by atoms with van der Waals surface area (Å²) in [4.78, 5) is 15.1. The minimum Gasteiger partial charge on any atom is -0.482 e. The van der Waals surface area contributed by atoms with Crippen molar-refractivity contribution in [3.63, 3.8) is 0 Å². The van der Waals surface area contributed by atoms with Crippen LogP contribution in [-0.2, 0) is 11.4 Å². The van der Waals surface area contributed by atoms with Crippen molar-refractivity contribution in [2.75, 3.05) is 13.2 Å². The van der Waals surface area contributed by atoms with Crippen LogP contribution in [0.15, 0.2) is 31.0 Å². The molecule has 86 valence electrons. The van der Waals surface area contributed by atoms with Crippen molar-refractivity contribution in [3.8, 4) is 5.75 Å². The minimum atomic E-state index is -0.217. The van der Waals surface area contributed by atoms with Gasteiger partial charge in [-0.2, -0.15) is 0 Å². The number of rotatable bonds is 6. The molecule has 0 fully saturated rings. The summed E-state index contributed by atoms with van der Waals surface area (Å²) >= 11 is 0. The third-order valence-electron chi connectivity index (χ3n) is 1.77. The standard InChI is InChI=1S/C11H14N2O3/c1-2-5-12-11(15)8-16-10-4-3-9(7-14)13-6-10/h2-4,6,14H,1,5,7-8H2,(H,12,15). The number of nitrogens with one attached hydrogen (secondary N) is 1. The lowest BCUT2D eigenvalue weighted by Crippen LogP contribution is -2.28. The fourth-order valence-electron chi connectivity index (χ4n) is 0.976. The number of pyridine rings is 1. The zero-order valence-corrected chi connectivity index (χ0v) is 8.85. The van der Waals surface area contributed by atoms with E-state index in [9.17, 15) is 4.79 Å². The van der Waals surface area contributed by atoms with Gasteiger partial charge in [-0.15, -0.1) is 6.58 Å². The van der Waals surface area contributed by atoms with Crippen molar-refractivity contribution in [2.24, 2.45) is 0 Å². The minimum absolute atomic E-state index is 0.0615. The maximum absolute atomic E-state index is 11.2. The first-order valence-corrected chi connectivity index (χ1v) is 4.82. The molecule has 1 rings (SSSR count). The van der Waals surface area contributed by atoms with E-state index in [0.29, 0.717) is 18.0 Å². The van der Waals surface area contributed by atoms with Gasteiger partial charge >= 0.3 is 0 Å². The molecule has 1 amide bonds. The summed E-state index contributed by atoms with van der Waals surface area (Å²) in [5.74, 6) is 0.275. The van der Waals surface area contributed by atoms with Gasteiger partial charge in [0.05, 0.1) is 18.5 Å². The van der Waals surface area contributed by atoms with Gasteiger partial charge in [-0.25, -0.2) is 0 Å². The Balaban J connectivity index is 2.36. The summed E-state index contributed by atoms with van der Waals surface area (Å²) < 4.78 is 5.17. The van der Waals surface area contributed by atoms with E-state index >= 15 is 0 Å². The van der Waals surface area contributed by atoms with Gasteiger partial charge in [0.1, 0.15) is 5.75 Å². The lowest BCUT2D eigenvalue weighted by Gasteiger charge is -2.05. The average molecular weight is 222 g/mol. The molecule has 0 saturated heterocycles. The first kappa shape index (κ1) is 12.2. The van der Waals surface area contributed by atoms with E-state index in [1.54, 1.807) is 18.2 Å². The molecule has 1 heterocycles. The number of carbonyl (C=O) groups excluding carboxylic acids is 1. The third-order valence-corrected chi connectivity index (χ3v) is 1.77. The van der Waals surface area contributed by atoms with Gasteiger partial charge in [-0.1, -0.05) is 6.08 Å². The van der Waals surface area contributed by atoms with Gasteiger partial charge in [0.2, 0.25) is 0 Å². The summed E-state index contributed by atoms with van der Waals surface area (Å²) in [5.41, 5.74) is 0.559. The maximum atomic E-state index is 11.2. The van der Waals surface area contributed by atoms with Crippen LogP contribution in [0.2, 0.25) is 0 Å². The zero-order chi connectivity index (χ0) is 11.8. The molecular formula is C11H14N2O3. The van der Waals surface area contributed by atoms with Crippen molar-refractivity contribution in [1.82, 2.24) is 10.3 Å². The van der Waals surface area contributed by atoms with Gasteiger partial charge < -0.3 is 15.2 Å². The summed E-state index contributed by atoms with van der Waals surface area (Å²) in [6, 6.07) is 3.29. The summed E-state index contributed by atoms with van der Waals surface area (Å²) in [7, 11) is 0. The van der Waals surface area contributed by atoms with Crippen LogP contribution in [-0.4, -0.2) is 29.1 Å². The molecule has 0 aliphatic rings. The molecule has 0 aliphatic heterocycles. The smallest absolute Gasteiger partial charge is 0.258 e. The van der Waals surface area contributed by atoms with Crippen LogP contribution in [0.5, 0.6) is 5.75 Å². The van der Waals surface area contributed by atoms with Gasteiger partial charge in [-0.05, 0) is 12.1 Å². The normalized spacial score (nSPS) is 9.56. The Morgan fingerprint density at radius 3 is 3.00 bits per heavy atom. The van der Waals surface area contributed by atoms with Crippen molar-refractivity contribution in [1.29, 1.82) is 0 Å². The monoisotopic (exact) mass is 222 g/mol. The molecule has 0 aromatic carbocycles. The molecule has 0 unspecified atom stereocenters. The largest absolute Gasteiger partial charge is 0.482 e. The number of nitrogens with zero attached hydrogens (tertiary/aromatic N) is 1. The topological polar surface area (TPSA) is 71.5 Å². The molecule has 16 heavy (non-hydrogen) atoms. The van der Waals surface area contributed by atoms with E-state index in [1.165, 1.54) is 6.20 Å². The van der Waals surface area contributed by atoms with Crippen LogP contribution in [0, 0.1) is 0 Å².